The number of anilines is 1. The van der Waals surface area contributed by atoms with E-state index < -0.39 is 0 Å². The van der Waals surface area contributed by atoms with Crippen LogP contribution < -0.4 is 15.0 Å². The van der Waals surface area contributed by atoms with Crippen molar-refractivity contribution in [2.24, 2.45) is 5.92 Å². The second kappa shape index (κ2) is 5.36. The van der Waals surface area contributed by atoms with Crippen molar-refractivity contribution >= 4 is 5.69 Å². The quantitative estimate of drug-likeness (QED) is 0.866. The van der Waals surface area contributed by atoms with Crippen molar-refractivity contribution in [2.45, 2.75) is 6.42 Å². The minimum atomic E-state index is -0.304. The molecule has 94 valence electrons. The largest absolute Gasteiger partial charge is 0.494 e. The van der Waals surface area contributed by atoms with Gasteiger partial charge in [0.1, 0.15) is 0 Å². The smallest absolute Gasteiger partial charge is 0.167 e. The molecule has 1 aromatic rings. The first-order valence-electron chi connectivity index (χ1n) is 5.96. The van der Waals surface area contributed by atoms with E-state index in [1.165, 1.54) is 19.6 Å². The molecule has 0 amide bonds. The lowest BCUT2D eigenvalue weighted by Gasteiger charge is -2.23. The molecule has 1 atom stereocenters. The maximum Gasteiger partial charge on any atom is 0.167 e. The Morgan fingerprint density at radius 2 is 2.35 bits per heavy atom. The summed E-state index contributed by atoms with van der Waals surface area (Å²) in [6.45, 7) is 3.11. The van der Waals surface area contributed by atoms with E-state index in [0.717, 1.165) is 25.3 Å². The molecule has 2 rings (SSSR count). The van der Waals surface area contributed by atoms with Crippen LogP contribution in [0, 0.1) is 11.7 Å². The van der Waals surface area contributed by atoms with Gasteiger partial charge in [-0.1, -0.05) is 0 Å². The summed E-state index contributed by atoms with van der Waals surface area (Å²) in [6, 6.07) is 5.10. The molecule has 1 unspecified atom stereocenters. The number of nitrogens with zero attached hydrogens (tertiary/aromatic N) is 1. The van der Waals surface area contributed by atoms with Crippen LogP contribution in [-0.4, -0.2) is 33.8 Å². The van der Waals surface area contributed by atoms with Gasteiger partial charge in [-0.15, -0.1) is 0 Å². The van der Waals surface area contributed by atoms with E-state index in [1.807, 2.05) is 13.1 Å². The van der Waals surface area contributed by atoms with Gasteiger partial charge >= 0.3 is 0 Å². The van der Waals surface area contributed by atoms with Crippen molar-refractivity contribution in [3.05, 3.63) is 24.0 Å². The number of nitrogens with one attached hydrogen (secondary N) is 1. The van der Waals surface area contributed by atoms with E-state index in [4.69, 9.17) is 4.74 Å². The van der Waals surface area contributed by atoms with E-state index in [2.05, 4.69) is 10.2 Å². The number of benzene rings is 1. The van der Waals surface area contributed by atoms with Crippen molar-refractivity contribution in [1.82, 2.24) is 5.32 Å². The van der Waals surface area contributed by atoms with Crippen LogP contribution in [0.25, 0.3) is 0 Å². The lowest BCUT2D eigenvalue weighted by Crippen LogP contribution is -2.26. The highest BCUT2D eigenvalue weighted by molar-refractivity contribution is 5.49. The summed E-state index contributed by atoms with van der Waals surface area (Å²) < 4.78 is 18.5. The summed E-state index contributed by atoms with van der Waals surface area (Å²) in [6.07, 6.45) is 1.20. The fourth-order valence-corrected chi connectivity index (χ4v) is 2.26. The van der Waals surface area contributed by atoms with Crippen molar-refractivity contribution in [2.75, 3.05) is 38.7 Å². The molecule has 1 aliphatic heterocycles. The van der Waals surface area contributed by atoms with Crippen LogP contribution in [0.4, 0.5) is 10.1 Å². The molecular formula is C13H19FN2O. The van der Waals surface area contributed by atoms with Gasteiger partial charge in [-0.25, -0.2) is 4.39 Å². The van der Waals surface area contributed by atoms with Gasteiger partial charge in [0.15, 0.2) is 11.6 Å². The van der Waals surface area contributed by atoms with Crippen LogP contribution in [0.2, 0.25) is 0 Å². The van der Waals surface area contributed by atoms with Gasteiger partial charge in [0.2, 0.25) is 0 Å². The summed E-state index contributed by atoms with van der Waals surface area (Å²) in [4.78, 5) is 2.10. The Hall–Kier alpha value is -1.29. The average molecular weight is 238 g/mol. The molecule has 0 bridgehead atoms. The maximum absolute atomic E-state index is 13.6. The minimum Gasteiger partial charge on any atom is -0.494 e. The molecule has 1 aromatic carbocycles. The zero-order valence-corrected chi connectivity index (χ0v) is 10.4. The predicted octanol–water partition coefficient (Wildman–Crippen LogP) is 1.88. The SMILES string of the molecule is COc1ccc(N(C)CC2CCNC2)cc1F. The van der Waals surface area contributed by atoms with Crippen molar-refractivity contribution in [1.29, 1.82) is 0 Å². The lowest BCUT2D eigenvalue weighted by atomic mass is 10.1. The highest BCUT2D eigenvalue weighted by atomic mass is 19.1. The van der Waals surface area contributed by atoms with Crippen LogP contribution >= 0.6 is 0 Å². The number of rotatable bonds is 4. The lowest BCUT2D eigenvalue weighted by molar-refractivity contribution is 0.386. The molecule has 0 radical (unpaired) electrons. The van der Waals surface area contributed by atoms with Crippen LogP contribution in [0.5, 0.6) is 5.75 Å². The van der Waals surface area contributed by atoms with E-state index in [1.54, 1.807) is 6.07 Å². The van der Waals surface area contributed by atoms with Crippen LogP contribution in [0.1, 0.15) is 6.42 Å². The van der Waals surface area contributed by atoms with E-state index in [9.17, 15) is 4.39 Å². The summed E-state index contributed by atoms with van der Waals surface area (Å²) in [5.41, 5.74) is 0.898. The molecule has 1 saturated heterocycles. The summed E-state index contributed by atoms with van der Waals surface area (Å²) in [5.74, 6) is 0.649. The summed E-state index contributed by atoms with van der Waals surface area (Å²) in [5, 5.41) is 3.34. The summed E-state index contributed by atoms with van der Waals surface area (Å²) in [7, 11) is 3.48. The zero-order chi connectivity index (χ0) is 12.3. The molecule has 0 aliphatic carbocycles. The van der Waals surface area contributed by atoms with Crippen molar-refractivity contribution < 1.29 is 9.13 Å². The number of hydrogen-bond acceptors (Lipinski definition) is 3. The van der Waals surface area contributed by atoms with Crippen molar-refractivity contribution in [3.63, 3.8) is 0 Å². The normalized spacial score (nSPS) is 19.4. The molecular weight excluding hydrogens is 219 g/mol. The predicted molar refractivity (Wildman–Crippen MR) is 67.2 cm³/mol. The van der Waals surface area contributed by atoms with Gasteiger partial charge in [-0.05, 0) is 37.6 Å². The van der Waals surface area contributed by atoms with Gasteiger partial charge in [-0.2, -0.15) is 0 Å². The van der Waals surface area contributed by atoms with Crippen LogP contribution in [-0.2, 0) is 0 Å². The van der Waals surface area contributed by atoms with Gasteiger partial charge in [0.05, 0.1) is 7.11 Å². The Labute approximate surface area is 102 Å². The highest BCUT2D eigenvalue weighted by Gasteiger charge is 2.17. The first kappa shape index (κ1) is 12.2. The zero-order valence-electron chi connectivity index (χ0n) is 10.4. The second-order valence-electron chi connectivity index (χ2n) is 4.56. The topological polar surface area (TPSA) is 24.5 Å². The Balaban J connectivity index is 2.02. The second-order valence-corrected chi connectivity index (χ2v) is 4.56. The van der Waals surface area contributed by atoms with Gasteiger partial charge < -0.3 is 15.0 Å². The first-order valence-corrected chi connectivity index (χ1v) is 5.96. The third-order valence-corrected chi connectivity index (χ3v) is 3.27. The first-order chi connectivity index (χ1) is 8.20. The van der Waals surface area contributed by atoms with Crippen LogP contribution in [0.3, 0.4) is 0 Å². The molecule has 1 aliphatic rings. The maximum atomic E-state index is 13.6. The fraction of sp³-hybridized carbons (Fsp3) is 0.538. The molecule has 3 nitrogen and oxygen atoms in total. The Bertz CT molecular complexity index is 378. The molecule has 17 heavy (non-hydrogen) atoms. The van der Waals surface area contributed by atoms with Crippen LogP contribution in [0.15, 0.2) is 18.2 Å². The van der Waals surface area contributed by atoms with E-state index in [-0.39, 0.29) is 5.82 Å². The van der Waals surface area contributed by atoms with Gasteiger partial charge in [-0.3, -0.25) is 0 Å². The number of hydrogen-bond donors (Lipinski definition) is 1. The van der Waals surface area contributed by atoms with Gasteiger partial charge in [0, 0.05) is 25.3 Å². The third-order valence-electron chi connectivity index (χ3n) is 3.27. The van der Waals surface area contributed by atoms with Crippen molar-refractivity contribution in [3.8, 4) is 5.75 Å². The van der Waals surface area contributed by atoms with E-state index >= 15 is 0 Å². The molecule has 1 heterocycles. The standard InChI is InChI=1S/C13H19FN2O/c1-16(9-10-5-6-15-8-10)11-3-4-13(17-2)12(14)7-11/h3-4,7,10,15H,5-6,8-9H2,1-2H3. The third kappa shape index (κ3) is 2.88. The van der Waals surface area contributed by atoms with E-state index in [0.29, 0.717) is 11.7 Å². The van der Waals surface area contributed by atoms with Gasteiger partial charge in [0.25, 0.3) is 0 Å². The number of halogens is 1. The molecule has 0 spiro atoms. The molecule has 1 N–H and O–H groups in total. The number of methoxy groups -OCH3 is 1. The molecule has 0 aromatic heterocycles. The Morgan fingerprint density at radius 3 is 2.94 bits per heavy atom. The molecule has 4 heteroatoms. The summed E-state index contributed by atoms with van der Waals surface area (Å²) >= 11 is 0. The highest BCUT2D eigenvalue weighted by Crippen LogP contribution is 2.23. The monoisotopic (exact) mass is 238 g/mol. The Kier molecular flexibility index (Phi) is 3.84. The average Bonchev–Trinajstić information content (AvgIpc) is 2.81. The Morgan fingerprint density at radius 1 is 1.53 bits per heavy atom. The molecule has 0 saturated carbocycles. The fourth-order valence-electron chi connectivity index (χ4n) is 2.26. The molecule has 1 fully saturated rings. The number of ether oxygens (including phenoxy) is 1. The minimum absolute atomic E-state index is 0.296.